The molecule has 5 heteroatoms. The van der Waals surface area contributed by atoms with Gasteiger partial charge in [-0.15, -0.1) is 0 Å². The van der Waals surface area contributed by atoms with E-state index in [1.807, 2.05) is 20.0 Å². The van der Waals surface area contributed by atoms with Crippen LogP contribution in [0, 0.1) is 12.8 Å². The monoisotopic (exact) mass is 331 g/mol. The van der Waals surface area contributed by atoms with Crippen LogP contribution in [-0.2, 0) is 9.84 Å². The van der Waals surface area contributed by atoms with Crippen LogP contribution in [0.5, 0.6) is 0 Å². The molecule has 3 nitrogen and oxygen atoms in total. The van der Waals surface area contributed by atoms with E-state index in [-0.39, 0.29) is 12.0 Å². The molecule has 0 amide bonds. The van der Waals surface area contributed by atoms with Gasteiger partial charge in [-0.2, -0.15) is 0 Å². The van der Waals surface area contributed by atoms with E-state index in [1.54, 1.807) is 0 Å². The van der Waals surface area contributed by atoms with Gasteiger partial charge in [-0.25, -0.2) is 8.42 Å². The van der Waals surface area contributed by atoms with Crippen molar-refractivity contribution in [2.75, 3.05) is 18.6 Å². The van der Waals surface area contributed by atoms with Gasteiger partial charge in [-0.05, 0) is 43.5 Å². The summed E-state index contributed by atoms with van der Waals surface area (Å²) in [6.45, 7) is 2.05. The summed E-state index contributed by atoms with van der Waals surface area (Å²) in [6, 6.07) is 6.33. The smallest absolute Gasteiger partial charge is 0.150 e. The molecule has 0 radical (unpaired) electrons. The molecule has 0 aliphatic carbocycles. The lowest BCUT2D eigenvalue weighted by Crippen LogP contribution is -2.26. The molecule has 0 aromatic heterocycles. The van der Waals surface area contributed by atoms with E-state index in [0.717, 1.165) is 10.9 Å². The zero-order chi connectivity index (χ0) is 13.3. The number of rotatable bonds is 3. The maximum Gasteiger partial charge on any atom is 0.150 e. The largest absolute Gasteiger partial charge is 0.313 e. The molecule has 100 valence electrons. The summed E-state index contributed by atoms with van der Waals surface area (Å²) in [7, 11) is -0.930. The first-order valence-corrected chi connectivity index (χ1v) is 8.68. The first-order chi connectivity index (χ1) is 8.43. The van der Waals surface area contributed by atoms with E-state index in [4.69, 9.17) is 0 Å². The van der Waals surface area contributed by atoms with Crippen LogP contribution in [0.25, 0.3) is 0 Å². The summed E-state index contributed by atoms with van der Waals surface area (Å²) >= 11 is 3.49. The van der Waals surface area contributed by atoms with Crippen molar-refractivity contribution in [3.8, 4) is 0 Å². The fourth-order valence-electron chi connectivity index (χ4n) is 2.62. The predicted molar refractivity (Wildman–Crippen MR) is 77.4 cm³/mol. The third-order valence-corrected chi connectivity index (χ3v) is 6.27. The highest BCUT2D eigenvalue weighted by molar-refractivity contribution is 9.10. The van der Waals surface area contributed by atoms with Crippen LogP contribution < -0.4 is 5.32 Å². The Bertz CT molecular complexity index is 542. The standard InChI is InChI=1S/C13H18BrNO2S/c1-9-7-10(3-4-12(9)14)13(15-2)11-5-6-18(16,17)8-11/h3-4,7,11,13,15H,5-6,8H2,1-2H3. The summed E-state index contributed by atoms with van der Waals surface area (Å²) in [5.41, 5.74) is 2.34. The van der Waals surface area contributed by atoms with Crippen molar-refractivity contribution in [1.29, 1.82) is 0 Å². The molecular weight excluding hydrogens is 314 g/mol. The normalized spacial score (nSPS) is 24.1. The van der Waals surface area contributed by atoms with Crippen molar-refractivity contribution in [2.45, 2.75) is 19.4 Å². The third-order valence-electron chi connectivity index (χ3n) is 3.59. The molecule has 1 N–H and O–H groups in total. The third kappa shape index (κ3) is 2.95. The van der Waals surface area contributed by atoms with Crippen molar-refractivity contribution in [2.24, 2.45) is 5.92 Å². The summed E-state index contributed by atoms with van der Waals surface area (Å²) < 4.78 is 24.2. The lowest BCUT2D eigenvalue weighted by Gasteiger charge is -2.23. The molecule has 0 saturated carbocycles. The lowest BCUT2D eigenvalue weighted by molar-refractivity contribution is 0.418. The van der Waals surface area contributed by atoms with Gasteiger partial charge in [-0.3, -0.25) is 0 Å². The van der Waals surface area contributed by atoms with Gasteiger partial charge in [0.05, 0.1) is 11.5 Å². The van der Waals surface area contributed by atoms with Crippen LogP contribution in [-0.4, -0.2) is 27.0 Å². The highest BCUT2D eigenvalue weighted by Crippen LogP contribution is 2.32. The molecule has 18 heavy (non-hydrogen) atoms. The fourth-order valence-corrected chi connectivity index (χ4v) is 4.71. The van der Waals surface area contributed by atoms with Crippen LogP contribution in [0.15, 0.2) is 22.7 Å². The van der Waals surface area contributed by atoms with Crippen molar-refractivity contribution < 1.29 is 8.42 Å². The average molecular weight is 332 g/mol. The van der Waals surface area contributed by atoms with E-state index in [0.29, 0.717) is 11.5 Å². The second-order valence-electron chi connectivity index (χ2n) is 4.94. The number of hydrogen-bond acceptors (Lipinski definition) is 3. The molecule has 0 spiro atoms. The highest BCUT2D eigenvalue weighted by Gasteiger charge is 2.33. The van der Waals surface area contributed by atoms with Gasteiger partial charge in [0.1, 0.15) is 0 Å². The Morgan fingerprint density at radius 1 is 1.44 bits per heavy atom. The minimum absolute atomic E-state index is 0.120. The van der Waals surface area contributed by atoms with Gasteiger partial charge in [0.25, 0.3) is 0 Å². The Morgan fingerprint density at radius 2 is 2.17 bits per heavy atom. The zero-order valence-corrected chi connectivity index (χ0v) is 13.0. The minimum atomic E-state index is -2.83. The van der Waals surface area contributed by atoms with Crippen LogP contribution in [0.2, 0.25) is 0 Å². The molecule has 2 rings (SSSR count). The van der Waals surface area contributed by atoms with E-state index in [2.05, 4.69) is 33.4 Å². The fraction of sp³-hybridized carbons (Fsp3) is 0.538. The van der Waals surface area contributed by atoms with Crippen molar-refractivity contribution in [1.82, 2.24) is 5.32 Å². The van der Waals surface area contributed by atoms with Gasteiger partial charge in [0.2, 0.25) is 0 Å². The number of halogens is 1. The van der Waals surface area contributed by atoms with Crippen LogP contribution in [0.1, 0.15) is 23.6 Å². The number of benzene rings is 1. The van der Waals surface area contributed by atoms with Gasteiger partial charge in [0.15, 0.2) is 9.84 Å². The van der Waals surface area contributed by atoms with E-state index >= 15 is 0 Å². The zero-order valence-electron chi connectivity index (χ0n) is 10.6. The van der Waals surface area contributed by atoms with Crippen LogP contribution in [0.3, 0.4) is 0 Å². The van der Waals surface area contributed by atoms with Crippen LogP contribution in [0.4, 0.5) is 0 Å². The molecule has 2 unspecified atom stereocenters. The Kier molecular flexibility index (Phi) is 4.14. The van der Waals surface area contributed by atoms with E-state index < -0.39 is 9.84 Å². The number of aryl methyl sites for hydroxylation is 1. The molecule has 1 saturated heterocycles. The molecule has 1 aromatic carbocycles. The minimum Gasteiger partial charge on any atom is -0.313 e. The van der Waals surface area contributed by atoms with Gasteiger partial charge in [0, 0.05) is 10.5 Å². The van der Waals surface area contributed by atoms with Crippen LogP contribution >= 0.6 is 15.9 Å². The highest BCUT2D eigenvalue weighted by atomic mass is 79.9. The summed E-state index contributed by atoms with van der Waals surface area (Å²) in [5.74, 6) is 0.805. The van der Waals surface area contributed by atoms with Gasteiger partial charge in [-0.1, -0.05) is 28.1 Å². The molecule has 1 aliphatic rings. The molecule has 1 fully saturated rings. The molecule has 0 bridgehead atoms. The Morgan fingerprint density at radius 3 is 2.67 bits per heavy atom. The van der Waals surface area contributed by atoms with Gasteiger partial charge < -0.3 is 5.32 Å². The molecule has 1 aromatic rings. The second kappa shape index (κ2) is 5.31. The summed E-state index contributed by atoms with van der Waals surface area (Å²) in [5, 5.41) is 3.26. The maximum absolute atomic E-state index is 11.6. The Balaban J connectivity index is 2.26. The second-order valence-corrected chi connectivity index (χ2v) is 8.02. The number of sulfone groups is 1. The summed E-state index contributed by atoms with van der Waals surface area (Å²) in [4.78, 5) is 0. The van der Waals surface area contributed by atoms with Crippen molar-refractivity contribution in [3.63, 3.8) is 0 Å². The SMILES string of the molecule is CNC(c1ccc(Br)c(C)c1)C1CCS(=O)(=O)C1. The average Bonchev–Trinajstić information content (AvgIpc) is 2.65. The molecule has 2 atom stereocenters. The first-order valence-electron chi connectivity index (χ1n) is 6.06. The van der Waals surface area contributed by atoms with Crippen molar-refractivity contribution >= 4 is 25.8 Å². The maximum atomic E-state index is 11.6. The quantitative estimate of drug-likeness (QED) is 0.925. The predicted octanol–water partition coefficient (Wildman–Crippen LogP) is 2.45. The summed E-state index contributed by atoms with van der Waals surface area (Å²) in [6.07, 6.45) is 0.753. The van der Waals surface area contributed by atoms with E-state index in [9.17, 15) is 8.42 Å². The topological polar surface area (TPSA) is 46.2 Å². The molecule has 1 aliphatic heterocycles. The number of hydrogen-bond donors (Lipinski definition) is 1. The van der Waals surface area contributed by atoms with E-state index in [1.165, 1.54) is 11.1 Å². The lowest BCUT2D eigenvalue weighted by atomic mass is 9.92. The number of nitrogens with one attached hydrogen (secondary N) is 1. The van der Waals surface area contributed by atoms with Gasteiger partial charge >= 0.3 is 0 Å². The molecular formula is C13H18BrNO2S. The Labute approximate surface area is 117 Å². The first kappa shape index (κ1) is 14.0. The Hall–Kier alpha value is -0.390. The van der Waals surface area contributed by atoms with Crippen molar-refractivity contribution in [3.05, 3.63) is 33.8 Å². The molecule has 1 heterocycles.